The van der Waals surface area contributed by atoms with Crippen molar-refractivity contribution in [1.29, 1.82) is 0 Å². The van der Waals surface area contributed by atoms with E-state index in [1.807, 2.05) is 17.9 Å². The van der Waals surface area contributed by atoms with Crippen molar-refractivity contribution in [2.75, 3.05) is 0 Å². The third-order valence-corrected chi connectivity index (χ3v) is 3.50. The quantitative estimate of drug-likeness (QED) is 0.641. The van der Waals surface area contributed by atoms with Crippen molar-refractivity contribution in [3.63, 3.8) is 0 Å². The van der Waals surface area contributed by atoms with Gasteiger partial charge in [0.15, 0.2) is 0 Å². The molecule has 1 rings (SSSR count). The van der Waals surface area contributed by atoms with Gasteiger partial charge in [0.25, 0.3) is 0 Å². The number of hydrogen-bond acceptors (Lipinski definition) is 1. The van der Waals surface area contributed by atoms with Gasteiger partial charge in [-0.1, -0.05) is 19.6 Å². The molecule has 0 aliphatic heterocycles. The molecule has 0 radical (unpaired) electrons. The molecule has 0 saturated carbocycles. The fourth-order valence-electron chi connectivity index (χ4n) is 1.29. The Labute approximate surface area is 75.6 Å². The summed E-state index contributed by atoms with van der Waals surface area (Å²) in [6, 6.07) is 1.24. The Hall–Kier alpha value is -0.573. The van der Waals surface area contributed by atoms with Gasteiger partial charge in [0.1, 0.15) is 0 Å². The van der Waals surface area contributed by atoms with Crippen molar-refractivity contribution in [3.8, 4) is 0 Å². The van der Waals surface area contributed by atoms with E-state index in [0.29, 0.717) is 0 Å². The minimum atomic E-state index is -0.969. The summed E-state index contributed by atoms with van der Waals surface area (Å²) in [7, 11) is 1.03. The van der Waals surface area contributed by atoms with Crippen LogP contribution in [0.3, 0.4) is 0 Å². The number of aryl methyl sites for hydroxylation is 1. The van der Waals surface area contributed by atoms with E-state index in [0.717, 1.165) is 0 Å². The number of rotatable bonds is 2. The first-order valence-corrected chi connectivity index (χ1v) is 8.08. The summed E-state index contributed by atoms with van der Waals surface area (Å²) in [6.45, 7) is 9.31. The van der Waals surface area contributed by atoms with Crippen LogP contribution in [0.25, 0.3) is 0 Å². The lowest BCUT2D eigenvalue weighted by molar-refractivity contribution is 0.738. The molecule has 1 aromatic rings. The molecule has 0 atom stereocenters. The second kappa shape index (κ2) is 3.05. The predicted molar refractivity (Wildman–Crippen MR) is 55.0 cm³/mol. The minimum absolute atomic E-state index is 0.969. The number of hydrogen-bond donors (Lipinski definition) is 0. The van der Waals surface area contributed by atoms with Crippen LogP contribution in [-0.4, -0.2) is 17.9 Å². The van der Waals surface area contributed by atoms with Crippen LogP contribution in [0.4, 0.5) is 0 Å². The average molecular weight is 182 g/mol. The SMILES string of the molecule is Cc1c(C[Si](C)(C)C)cnn1C. The van der Waals surface area contributed by atoms with Gasteiger partial charge in [0, 0.05) is 20.8 Å². The maximum Gasteiger partial charge on any atom is 0.0521 e. The standard InChI is InChI=1S/C9H18N2Si/c1-8-9(6-10-11(8)2)7-12(3,4)5/h6H,7H2,1-5H3. The summed E-state index contributed by atoms with van der Waals surface area (Å²) in [5.41, 5.74) is 2.74. The Bertz CT molecular complexity index is 271. The fourth-order valence-corrected chi connectivity index (χ4v) is 2.78. The van der Waals surface area contributed by atoms with Crippen molar-refractivity contribution in [2.45, 2.75) is 32.6 Å². The monoisotopic (exact) mass is 182 g/mol. The van der Waals surface area contributed by atoms with Crippen molar-refractivity contribution < 1.29 is 0 Å². The lowest BCUT2D eigenvalue weighted by Gasteiger charge is -2.14. The molecule has 0 aromatic carbocycles. The van der Waals surface area contributed by atoms with Crippen molar-refractivity contribution in [2.24, 2.45) is 7.05 Å². The molecular weight excluding hydrogens is 164 g/mol. The second-order valence-electron chi connectivity index (χ2n) is 4.62. The van der Waals surface area contributed by atoms with Gasteiger partial charge in [-0.05, 0) is 18.5 Å². The summed E-state index contributed by atoms with van der Waals surface area (Å²) in [5.74, 6) is 0. The van der Waals surface area contributed by atoms with Gasteiger partial charge in [0.2, 0.25) is 0 Å². The van der Waals surface area contributed by atoms with Gasteiger partial charge in [0.05, 0.1) is 6.20 Å². The molecule has 0 saturated heterocycles. The summed E-state index contributed by atoms with van der Waals surface area (Å²) < 4.78 is 1.95. The Kier molecular flexibility index (Phi) is 2.42. The first-order chi connectivity index (χ1) is 5.40. The maximum atomic E-state index is 4.24. The first kappa shape index (κ1) is 9.51. The Morgan fingerprint density at radius 2 is 2.00 bits per heavy atom. The van der Waals surface area contributed by atoms with Crippen LogP contribution in [0.15, 0.2) is 6.20 Å². The van der Waals surface area contributed by atoms with Crippen molar-refractivity contribution in [1.82, 2.24) is 9.78 Å². The fraction of sp³-hybridized carbons (Fsp3) is 0.667. The number of aromatic nitrogens is 2. The third kappa shape index (κ3) is 2.20. The van der Waals surface area contributed by atoms with E-state index in [4.69, 9.17) is 0 Å². The maximum absolute atomic E-state index is 4.24. The Balaban J connectivity index is 2.83. The zero-order valence-corrected chi connectivity index (χ0v) is 9.68. The largest absolute Gasteiger partial charge is 0.273 e. The molecule has 0 unspecified atom stereocenters. The Morgan fingerprint density at radius 3 is 2.33 bits per heavy atom. The van der Waals surface area contributed by atoms with Crippen LogP contribution < -0.4 is 0 Å². The highest BCUT2D eigenvalue weighted by molar-refractivity contribution is 6.75. The zero-order valence-electron chi connectivity index (χ0n) is 8.68. The Morgan fingerprint density at radius 1 is 1.42 bits per heavy atom. The molecule has 2 nitrogen and oxygen atoms in total. The van der Waals surface area contributed by atoms with E-state index in [1.54, 1.807) is 0 Å². The van der Waals surface area contributed by atoms with Crippen LogP contribution in [-0.2, 0) is 13.1 Å². The lowest BCUT2D eigenvalue weighted by atomic mass is 10.3. The predicted octanol–water partition coefficient (Wildman–Crippen LogP) is 2.15. The zero-order chi connectivity index (χ0) is 9.35. The van der Waals surface area contributed by atoms with Gasteiger partial charge in [-0.2, -0.15) is 5.10 Å². The molecular formula is C9H18N2Si. The van der Waals surface area contributed by atoms with E-state index >= 15 is 0 Å². The lowest BCUT2D eigenvalue weighted by Crippen LogP contribution is -2.24. The van der Waals surface area contributed by atoms with E-state index in [2.05, 4.69) is 31.7 Å². The first-order valence-electron chi connectivity index (χ1n) is 4.37. The van der Waals surface area contributed by atoms with Gasteiger partial charge < -0.3 is 0 Å². The van der Waals surface area contributed by atoms with Crippen LogP contribution in [0, 0.1) is 6.92 Å². The molecule has 12 heavy (non-hydrogen) atoms. The molecule has 0 aliphatic carbocycles. The van der Waals surface area contributed by atoms with Crippen LogP contribution >= 0.6 is 0 Å². The van der Waals surface area contributed by atoms with Crippen LogP contribution in [0.5, 0.6) is 0 Å². The molecule has 3 heteroatoms. The van der Waals surface area contributed by atoms with Crippen LogP contribution in [0.2, 0.25) is 19.6 Å². The van der Waals surface area contributed by atoms with E-state index in [1.165, 1.54) is 17.3 Å². The smallest absolute Gasteiger partial charge is 0.0521 e. The topological polar surface area (TPSA) is 17.8 Å². The van der Waals surface area contributed by atoms with Crippen molar-refractivity contribution in [3.05, 3.63) is 17.5 Å². The second-order valence-corrected chi connectivity index (χ2v) is 10.1. The molecule has 0 aliphatic rings. The molecule has 0 N–H and O–H groups in total. The molecule has 1 heterocycles. The number of nitrogens with zero attached hydrogens (tertiary/aromatic N) is 2. The van der Waals surface area contributed by atoms with Gasteiger partial charge in [-0.3, -0.25) is 4.68 Å². The highest BCUT2D eigenvalue weighted by atomic mass is 28.3. The molecule has 1 aromatic heterocycles. The third-order valence-electron chi connectivity index (χ3n) is 2.06. The van der Waals surface area contributed by atoms with Crippen molar-refractivity contribution >= 4 is 8.07 Å². The molecule has 0 amide bonds. The van der Waals surface area contributed by atoms with Crippen LogP contribution in [0.1, 0.15) is 11.3 Å². The summed E-state index contributed by atoms with van der Waals surface area (Å²) in [6.07, 6.45) is 2.01. The average Bonchev–Trinajstić information content (AvgIpc) is 2.16. The molecule has 0 fully saturated rings. The highest BCUT2D eigenvalue weighted by Crippen LogP contribution is 2.14. The van der Waals surface area contributed by atoms with E-state index in [9.17, 15) is 0 Å². The molecule has 0 spiro atoms. The normalized spacial score (nSPS) is 12.1. The highest BCUT2D eigenvalue weighted by Gasteiger charge is 2.16. The van der Waals surface area contributed by atoms with Gasteiger partial charge in [-0.25, -0.2) is 0 Å². The molecule has 0 bridgehead atoms. The van der Waals surface area contributed by atoms with Gasteiger partial charge >= 0.3 is 0 Å². The minimum Gasteiger partial charge on any atom is -0.273 e. The van der Waals surface area contributed by atoms with Gasteiger partial charge in [-0.15, -0.1) is 0 Å². The summed E-state index contributed by atoms with van der Waals surface area (Å²) in [5, 5.41) is 4.24. The van der Waals surface area contributed by atoms with E-state index in [-0.39, 0.29) is 0 Å². The van der Waals surface area contributed by atoms with E-state index < -0.39 is 8.07 Å². The summed E-state index contributed by atoms with van der Waals surface area (Å²) in [4.78, 5) is 0. The molecule has 68 valence electrons. The summed E-state index contributed by atoms with van der Waals surface area (Å²) >= 11 is 0.